The third-order valence-corrected chi connectivity index (χ3v) is 3.44. The van der Waals surface area contributed by atoms with Gasteiger partial charge >= 0.3 is 0 Å². The van der Waals surface area contributed by atoms with Crippen molar-refractivity contribution in [3.8, 4) is 0 Å². The van der Waals surface area contributed by atoms with Crippen LogP contribution < -0.4 is 5.73 Å². The van der Waals surface area contributed by atoms with E-state index in [4.69, 9.17) is 5.73 Å². The summed E-state index contributed by atoms with van der Waals surface area (Å²) in [4.78, 5) is 2.54. The van der Waals surface area contributed by atoms with Crippen molar-refractivity contribution >= 4 is 0 Å². The smallest absolute Gasteiger partial charge is 0.0226 e. The molecule has 1 heterocycles. The lowest BCUT2D eigenvalue weighted by Crippen LogP contribution is -2.45. The average Bonchev–Trinajstić information content (AvgIpc) is 2.26. The number of hydrogen-bond donors (Lipinski definition) is 1. The van der Waals surface area contributed by atoms with Crippen LogP contribution in [0.4, 0.5) is 0 Å². The first-order chi connectivity index (χ1) is 6.88. The van der Waals surface area contributed by atoms with Gasteiger partial charge in [-0.15, -0.1) is 0 Å². The normalized spacial score (nSPS) is 25.6. The van der Waals surface area contributed by atoms with E-state index in [0.717, 1.165) is 18.4 Å². The number of nitrogens with zero attached hydrogens (tertiary/aromatic N) is 1. The number of likely N-dealkylation sites (tertiary alicyclic amines) is 1. The lowest BCUT2D eigenvalue weighted by Gasteiger charge is -2.28. The Hall–Kier alpha value is -0.0800. The van der Waals surface area contributed by atoms with E-state index in [1.54, 1.807) is 0 Å². The number of nitrogens with two attached hydrogens (primary N) is 1. The summed E-state index contributed by atoms with van der Waals surface area (Å²) >= 11 is 0. The van der Waals surface area contributed by atoms with Crippen molar-refractivity contribution in [3.05, 3.63) is 0 Å². The molecule has 0 amide bonds. The maximum atomic E-state index is 6.07. The molecule has 2 heteroatoms. The topological polar surface area (TPSA) is 29.3 Å². The summed E-state index contributed by atoms with van der Waals surface area (Å²) < 4.78 is 0. The van der Waals surface area contributed by atoms with Gasteiger partial charge in [0.05, 0.1) is 0 Å². The van der Waals surface area contributed by atoms with Crippen molar-refractivity contribution in [2.45, 2.75) is 52.5 Å². The van der Waals surface area contributed by atoms with Crippen LogP contribution in [0.3, 0.4) is 0 Å². The summed E-state index contributed by atoms with van der Waals surface area (Å²) in [7, 11) is 0. The molecular weight excluding hydrogens is 184 g/mol. The quantitative estimate of drug-likeness (QED) is 0.779. The lowest BCUT2D eigenvalue weighted by molar-refractivity contribution is 0.227. The summed E-state index contributed by atoms with van der Waals surface area (Å²) in [6, 6.07) is 0. The van der Waals surface area contributed by atoms with E-state index < -0.39 is 0 Å². The summed E-state index contributed by atoms with van der Waals surface area (Å²) in [6.45, 7) is 12.5. The van der Waals surface area contributed by atoms with Crippen LogP contribution in [0.5, 0.6) is 0 Å². The van der Waals surface area contributed by atoms with Crippen LogP contribution in [0.15, 0.2) is 0 Å². The highest BCUT2D eigenvalue weighted by molar-refractivity contribution is 4.80. The van der Waals surface area contributed by atoms with Crippen LogP contribution in [0.2, 0.25) is 0 Å². The maximum absolute atomic E-state index is 6.07. The molecule has 2 nitrogen and oxygen atoms in total. The third-order valence-electron chi connectivity index (χ3n) is 3.44. The fourth-order valence-electron chi connectivity index (χ4n) is 2.58. The molecule has 1 aliphatic heterocycles. The molecular formula is C13H28N2. The van der Waals surface area contributed by atoms with Gasteiger partial charge in [-0.25, -0.2) is 0 Å². The first-order valence-corrected chi connectivity index (χ1v) is 6.40. The Kier molecular flexibility index (Phi) is 4.60. The maximum Gasteiger partial charge on any atom is 0.0226 e. The van der Waals surface area contributed by atoms with E-state index in [9.17, 15) is 0 Å². The highest BCUT2D eigenvalue weighted by atomic mass is 15.1. The fourth-order valence-corrected chi connectivity index (χ4v) is 2.58. The molecule has 0 bridgehead atoms. The zero-order valence-electron chi connectivity index (χ0n) is 10.9. The van der Waals surface area contributed by atoms with Crippen LogP contribution in [0.25, 0.3) is 0 Å². The highest BCUT2D eigenvalue weighted by Crippen LogP contribution is 2.24. The molecule has 0 saturated carbocycles. The molecule has 1 atom stereocenters. The minimum atomic E-state index is -0.0440. The van der Waals surface area contributed by atoms with Crippen LogP contribution in [-0.2, 0) is 0 Å². The highest BCUT2D eigenvalue weighted by Gasteiger charge is 2.22. The molecule has 2 N–H and O–H groups in total. The van der Waals surface area contributed by atoms with Gasteiger partial charge in [-0.3, -0.25) is 0 Å². The van der Waals surface area contributed by atoms with E-state index in [-0.39, 0.29) is 5.54 Å². The average molecular weight is 212 g/mol. The molecule has 0 radical (unpaired) electrons. The van der Waals surface area contributed by atoms with Gasteiger partial charge in [-0.1, -0.05) is 13.8 Å². The molecule has 0 spiro atoms. The Morgan fingerprint density at radius 3 is 2.47 bits per heavy atom. The molecule has 1 aliphatic rings. The van der Waals surface area contributed by atoms with Gasteiger partial charge in [0.1, 0.15) is 0 Å². The van der Waals surface area contributed by atoms with Gasteiger partial charge in [0.15, 0.2) is 0 Å². The van der Waals surface area contributed by atoms with Gasteiger partial charge in [-0.05, 0) is 58.0 Å². The second-order valence-corrected chi connectivity index (χ2v) is 6.20. The molecule has 15 heavy (non-hydrogen) atoms. The predicted octanol–water partition coefficient (Wildman–Crippen LogP) is 2.48. The lowest BCUT2D eigenvalue weighted by atomic mass is 9.89. The molecule has 0 aromatic rings. The second-order valence-electron chi connectivity index (χ2n) is 6.20. The molecule has 0 aromatic carbocycles. The minimum absolute atomic E-state index is 0.0440. The first kappa shape index (κ1) is 13.0. The summed E-state index contributed by atoms with van der Waals surface area (Å²) in [5, 5.41) is 0. The molecule has 1 unspecified atom stereocenters. The van der Waals surface area contributed by atoms with Gasteiger partial charge in [0.2, 0.25) is 0 Å². The van der Waals surface area contributed by atoms with Crippen molar-refractivity contribution in [3.63, 3.8) is 0 Å². The summed E-state index contributed by atoms with van der Waals surface area (Å²) in [5.74, 6) is 1.77. The van der Waals surface area contributed by atoms with Crippen LogP contribution in [0.1, 0.15) is 47.0 Å². The summed E-state index contributed by atoms with van der Waals surface area (Å²) in [6.07, 6.45) is 4.10. The van der Waals surface area contributed by atoms with E-state index >= 15 is 0 Å². The van der Waals surface area contributed by atoms with Crippen LogP contribution in [0, 0.1) is 11.8 Å². The van der Waals surface area contributed by atoms with E-state index in [0.29, 0.717) is 0 Å². The van der Waals surface area contributed by atoms with Gasteiger partial charge in [0, 0.05) is 12.1 Å². The molecule has 90 valence electrons. The molecule has 1 saturated heterocycles. The second kappa shape index (κ2) is 5.31. The summed E-state index contributed by atoms with van der Waals surface area (Å²) in [5.41, 5.74) is 6.03. The fraction of sp³-hybridized carbons (Fsp3) is 1.00. The zero-order chi connectivity index (χ0) is 11.5. The third kappa shape index (κ3) is 4.98. The van der Waals surface area contributed by atoms with Crippen molar-refractivity contribution < 1.29 is 0 Å². The van der Waals surface area contributed by atoms with Crippen molar-refractivity contribution in [1.29, 1.82) is 0 Å². The van der Waals surface area contributed by atoms with Gasteiger partial charge in [-0.2, -0.15) is 0 Å². The molecule has 0 aliphatic carbocycles. The molecule has 1 fully saturated rings. The largest absolute Gasteiger partial charge is 0.324 e. The van der Waals surface area contributed by atoms with Crippen LogP contribution in [-0.4, -0.2) is 30.1 Å². The monoisotopic (exact) mass is 212 g/mol. The molecule has 1 rings (SSSR count). The Balaban J connectivity index is 2.39. The first-order valence-electron chi connectivity index (χ1n) is 6.40. The van der Waals surface area contributed by atoms with Crippen molar-refractivity contribution in [1.82, 2.24) is 4.90 Å². The standard InChI is InChI=1S/C13H28N2/c1-11(2)12-6-5-8-15(9-7-12)10-13(3,4)14/h11-12H,5-10,14H2,1-4H3. The van der Waals surface area contributed by atoms with E-state index in [1.165, 1.54) is 32.4 Å². The Labute approximate surface area is 95.2 Å². The van der Waals surface area contributed by atoms with Crippen molar-refractivity contribution in [2.24, 2.45) is 17.6 Å². The van der Waals surface area contributed by atoms with Crippen LogP contribution >= 0.6 is 0 Å². The van der Waals surface area contributed by atoms with Crippen molar-refractivity contribution in [2.75, 3.05) is 19.6 Å². The minimum Gasteiger partial charge on any atom is -0.324 e. The van der Waals surface area contributed by atoms with E-state index in [1.807, 2.05) is 0 Å². The Morgan fingerprint density at radius 2 is 1.93 bits per heavy atom. The predicted molar refractivity (Wildman–Crippen MR) is 66.9 cm³/mol. The van der Waals surface area contributed by atoms with E-state index in [2.05, 4.69) is 32.6 Å². The number of hydrogen-bond acceptors (Lipinski definition) is 2. The Bertz CT molecular complexity index is 181. The SMILES string of the molecule is CC(C)C1CCCN(CC(C)(C)N)CC1. The Morgan fingerprint density at radius 1 is 1.27 bits per heavy atom. The zero-order valence-corrected chi connectivity index (χ0v) is 10.9. The number of rotatable bonds is 3. The molecule has 0 aromatic heterocycles. The van der Waals surface area contributed by atoms with Gasteiger partial charge < -0.3 is 10.6 Å². The van der Waals surface area contributed by atoms with Gasteiger partial charge in [0.25, 0.3) is 0 Å².